The van der Waals surface area contributed by atoms with Crippen LogP contribution in [0.15, 0.2) is 29.3 Å². The Morgan fingerprint density at radius 3 is 2.86 bits per heavy atom. The van der Waals surface area contributed by atoms with Gasteiger partial charge in [-0.25, -0.2) is 0 Å². The van der Waals surface area contributed by atoms with Crippen molar-refractivity contribution < 1.29 is 9.47 Å². The summed E-state index contributed by atoms with van der Waals surface area (Å²) in [6, 6.07) is 9.26. The van der Waals surface area contributed by atoms with Crippen molar-refractivity contribution in [3.63, 3.8) is 0 Å². The molecule has 1 heterocycles. The molecule has 0 radical (unpaired) electrons. The minimum Gasteiger partial charge on any atom is -0.465 e. The van der Waals surface area contributed by atoms with Crippen LogP contribution in [0.1, 0.15) is 82.3 Å². The molecular formula is C26H33NO2. The smallest absolute Gasteiger partial charge is 0.199 e. The van der Waals surface area contributed by atoms with Crippen LogP contribution in [-0.4, -0.2) is 12.9 Å². The molecule has 5 atom stereocenters. The fourth-order valence-corrected chi connectivity index (χ4v) is 7.08. The van der Waals surface area contributed by atoms with Crippen LogP contribution in [-0.2, 0) is 11.2 Å². The first kappa shape index (κ1) is 19.2. The van der Waals surface area contributed by atoms with Crippen LogP contribution in [0.2, 0.25) is 0 Å². The van der Waals surface area contributed by atoms with Crippen molar-refractivity contribution in [2.24, 2.45) is 17.3 Å². The van der Waals surface area contributed by atoms with Crippen LogP contribution < -0.4 is 4.74 Å². The van der Waals surface area contributed by atoms with Crippen LogP contribution in [0.4, 0.5) is 0 Å². The van der Waals surface area contributed by atoms with Crippen LogP contribution in [0.5, 0.6) is 5.75 Å². The fourth-order valence-electron chi connectivity index (χ4n) is 7.08. The SMILES string of the molecule is C/C(C#N)=C1/CCC2C3CCc4cc(OC5CCCCO5)ccc4C3CCC12C. The second-order valence-corrected chi connectivity index (χ2v) is 9.90. The highest BCUT2D eigenvalue weighted by atomic mass is 16.7. The first-order valence-corrected chi connectivity index (χ1v) is 11.6. The van der Waals surface area contributed by atoms with Crippen LogP contribution in [0, 0.1) is 28.6 Å². The third-order valence-electron chi connectivity index (χ3n) is 8.51. The molecule has 3 heteroatoms. The number of allylic oxidation sites excluding steroid dienone is 2. The van der Waals surface area contributed by atoms with Gasteiger partial charge in [-0.15, -0.1) is 0 Å². The third-order valence-corrected chi connectivity index (χ3v) is 8.51. The van der Waals surface area contributed by atoms with Gasteiger partial charge in [-0.2, -0.15) is 5.26 Å². The molecule has 1 saturated heterocycles. The van der Waals surface area contributed by atoms with Gasteiger partial charge in [-0.1, -0.05) is 18.6 Å². The molecule has 1 aliphatic heterocycles. The molecule has 1 aromatic carbocycles. The van der Waals surface area contributed by atoms with Crippen LogP contribution >= 0.6 is 0 Å². The lowest BCUT2D eigenvalue weighted by atomic mass is 9.55. The van der Waals surface area contributed by atoms with Gasteiger partial charge in [0.25, 0.3) is 0 Å². The van der Waals surface area contributed by atoms with E-state index < -0.39 is 0 Å². The molecule has 154 valence electrons. The molecule has 2 saturated carbocycles. The van der Waals surface area contributed by atoms with Gasteiger partial charge in [0.2, 0.25) is 0 Å². The lowest BCUT2D eigenvalue weighted by Crippen LogP contribution is -2.40. The number of fused-ring (bicyclic) bond motifs is 5. The quantitative estimate of drug-likeness (QED) is 0.557. The van der Waals surface area contributed by atoms with Gasteiger partial charge in [0, 0.05) is 12.0 Å². The molecule has 0 amide bonds. The summed E-state index contributed by atoms with van der Waals surface area (Å²) in [6.07, 6.45) is 10.6. The predicted molar refractivity (Wildman–Crippen MR) is 114 cm³/mol. The monoisotopic (exact) mass is 391 g/mol. The Morgan fingerprint density at radius 1 is 1.17 bits per heavy atom. The van der Waals surface area contributed by atoms with Crippen molar-refractivity contribution in [2.45, 2.75) is 83.8 Å². The Labute approximate surface area is 175 Å². The van der Waals surface area contributed by atoms with E-state index in [4.69, 9.17) is 9.47 Å². The first-order valence-electron chi connectivity index (χ1n) is 11.6. The Kier molecular flexibility index (Phi) is 4.95. The molecule has 4 aliphatic rings. The van der Waals surface area contributed by atoms with Crippen LogP contribution in [0.3, 0.4) is 0 Å². The second-order valence-electron chi connectivity index (χ2n) is 9.90. The van der Waals surface area contributed by atoms with Crippen molar-refractivity contribution in [3.8, 4) is 11.8 Å². The topological polar surface area (TPSA) is 42.2 Å². The lowest BCUT2D eigenvalue weighted by molar-refractivity contribution is -0.105. The number of hydrogen-bond donors (Lipinski definition) is 0. The van der Waals surface area contributed by atoms with Gasteiger partial charge in [-0.3, -0.25) is 0 Å². The highest BCUT2D eigenvalue weighted by Gasteiger charge is 2.53. The van der Waals surface area contributed by atoms with Crippen molar-refractivity contribution in [3.05, 3.63) is 40.5 Å². The predicted octanol–water partition coefficient (Wildman–Crippen LogP) is 6.29. The van der Waals surface area contributed by atoms with Gasteiger partial charge < -0.3 is 9.47 Å². The summed E-state index contributed by atoms with van der Waals surface area (Å²) in [6.45, 7) is 5.30. The summed E-state index contributed by atoms with van der Waals surface area (Å²) in [5, 5.41) is 9.48. The summed E-state index contributed by atoms with van der Waals surface area (Å²) >= 11 is 0. The average molecular weight is 392 g/mol. The van der Waals surface area contributed by atoms with Crippen molar-refractivity contribution in [2.75, 3.05) is 6.61 Å². The summed E-state index contributed by atoms with van der Waals surface area (Å²) in [7, 11) is 0. The number of ether oxygens (including phenoxy) is 2. The minimum absolute atomic E-state index is 0.0689. The van der Waals surface area contributed by atoms with E-state index in [-0.39, 0.29) is 11.7 Å². The Balaban J connectivity index is 1.37. The van der Waals surface area contributed by atoms with Gasteiger partial charge in [-0.05, 0) is 105 Å². The molecule has 0 aromatic heterocycles. The number of aryl methyl sites for hydroxylation is 1. The molecule has 0 bridgehead atoms. The molecule has 29 heavy (non-hydrogen) atoms. The van der Waals surface area contributed by atoms with E-state index in [1.165, 1.54) is 43.2 Å². The van der Waals surface area contributed by atoms with Gasteiger partial charge in [0.15, 0.2) is 6.29 Å². The van der Waals surface area contributed by atoms with E-state index in [1.807, 2.05) is 6.92 Å². The number of rotatable bonds is 2. The average Bonchev–Trinajstić information content (AvgIpc) is 3.11. The Bertz CT molecular complexity index is 860. The van der Waals surface area contributed by atoms with E-state index in [2.05, 4.69) is 31.2 Å². The van der Waals surface area contributed by atoms with E-state index >= 15 is 0 Å². The van der Waals surface area contributed by atoms with Crippen LogP contribution in [0.25, 0.3) is 0 Å². The zero-order valence-electron chi connectivity index (χ0n) is 17.9. The maximum atomic E-state index is 9.48. The van der Waals surface area contributed by atoms with Crippen molar-refractivity contribution in [1.82, 2.24) is 0 Å². The second kappa shape index (κ2) is 7.47. The molecule has 0 N–H and O–H groups in total. The van der Waals surface area contributed by atoms with E-state index in [0.29, 0.717) is 5.92 Å². The van der Waals surface area contributed by atoms with Gasteiger partial charge >= 0.3 is 0 Å². The van der Waals surface area contributed by atoms with Gasteiger partial charge in [0.1, 0.15) is 5.75 Å². The minimum atomic E-state index is -0.0689. The number of nitriles is 1. The number of hydrogen-bond acceptors (Lipinski definition) is 3. The van der Waals surface area contributed by atoms with E-state index in [9.17, 15) is 5.26 Å². The van der Waals surface area contributed by atoms with Crippen molar-refractivity contribution in [1.29, 1.82) is 5.26 Å². The van der Waals surface area contributed by atoms with Gasteiger partial charge in [0.05, 0.1) is 12.7 Å². The molecule has 0 spiro atoms. The Hall–Kier alpha value is -1.79. The van der Waals surface area contributed by atoms with E-state index in [0.717, 1.165) is 55.4 Å². The standard InChI is InChI=1S/C26H33NO2/c1-17(16-27)23-10-11-24-22-8-6-18-15-19(29-25-5-3-4-14-28-25)7-9-20(18)21(22)12-13-26(23,24)2/h7,9,15,21-22,24-25H,3-6,8,10-14H2,1-2H3/b23-17+. The van der Waals surface area contributed by atoms with Crippen molar-refractivity contribution >= 4 is 0 Å². The molecule has 3 fully saturated rings. The Morgan fingerprint density at radius 2 is 2.07 bits per heavy atom. The summed E-state index contributed by atoms with van der Waals surface area (Å²) < 4.78 is 11.9. The normalized spacial score (nSPS) is 37.7. The first-order chi connectivity index (χ1) is 14.1. The largest absolute Gasteiger partial charge is 0.465 e. The maximum Gasteiger partial charge on any atom is 0.199 e. The molecule has 5 rings (SSSR count). The van der Waals surface area contributed by atoms with E-state index in [1.54, 1.807) is 5.56 Å². The molecule has 3 nitrogen and oxygen atoms in total. The molecular weight excluding hydrogens is 358 g/mol. The third kappa shape index (κ3) is 3.21. The number of benzene rings is 1. The molecule has 3 aliphatic carbocycles. The summed E-state index contributed by atoms with van der Waals surface area (Å²) in [5.74, 6) is 3.15. The highest BCUT2D eigenvalue weighted by Crippen LogP contribution is 2.63. The molecule has 1 aromatic rings. The fraction of sp³-hybridized carbons (Fsp3) is 0.654. The summed E-state index contributed by atoms with van der Waals surface area (Å²) in [5.41, 5.74) is 5.75. The highest BCUT2D eigenvalue weighted by molar-refractivity contribution is 5.42. The number of nitrogens with zero attached hydrogens (tertiary/aromatic N) is 1. The molecule has 5 unspecified atom stereocenters. The zero-order valence-corrected chi connectivity index (χ0v) is 17.9. The summed E-state index contributed by atoms with van der Waals surface area (Å²) in [4.78, 5) is 0. The lowest BCUT2D eigenvalue weighted by Gasteiger charge is -2.49. The zero-order chi connectivity index (χ0) is 20.0. The maximum absolute atomic E-state index is 9.48.